The average Bonchev–Trinajstić information content (AvgIpc) is 2.32. The summed E-state index contributed by atoms with van der Waals surface area (Å²) in [6.45, 7) is 1.98. The van der Waals surface area contributed by atoms with E-state index in [0.29, 0.717) is 0 Å². The summed E-state index contributed by atoms with van der Waals surface area (Å²) < 4.78 is 37.9. The van der Waals surface area contributed by atoms with Crippen molar-refractivity contribution in [2.75, 3.05) is 5.32 Å². The van der Waals surface area contributed by atoms with Crippen molar-refractivity contribution in [1.82, 2.24) is 4.98 Å². The van der Waals surface area contributed by atoms with Gasteiger partial charge in [0.05, 0.1) is 5.56 Å². The molecule has 6 heteroatoms. The number of hydrogen-bond donors (Lipinski definition) is 1. The average molecular weight is 269 g/mol. The van der Waals surface area contributed by atoms with Crippen LogP contribution in [0.1, 0.15) is 43.9 Å². The molecule has 1 aliphatic rings. The zero-order valence-electron chi connectivity index (χ0n) is 10.5. The normalized spacial score (nSPS) is 17.4. The first kappa shape index (κ1) is 13.7. The van der Waals surface area contributed by atoms with Crippen molar-refractivity contribution in [1.29, 1.82) is 5.26 Å². The first-order valence-electron chi connectivity index (χ1n) is 6.17. The molecule has 1 fully saturated rings. The Balaban J connectivity index is 2.35. The maximum Gasteiger partial charge on any atom is 0.433 e. The third-order valence-corrected chi connectivity index (χ3v) is 3.68. The van der Waals surface area contributed by atoms with E-state index in [4.69, 9.17) is 5.26 Å². The number of rotatable bonds is 3. The second-order valence-electron chi connectivity index (χ2n) is 4.81. The molecule has 1 aliphatic carbocycles. The number of aromatic nitrogens is 1. The molecule has 0 bridgehead atoms. The second-order valence-corrected chi connectivity index (χ2v) is 4.81. The quantitative estimate of drug-likeness (QED) is 0.909. The first-order valence-corrected chi connectivity index (χ1v) is 6.17. The molecule has 1 heterocycles. The van der Waals surface area contributed by atoms with Gasteiger partial charge in [-0.05, 0) is 37.8 Å². The zero-order valence-corrected chi connectivity index (χ0v) is 10.5. The highest BCUT2D eigenvalue weighted by Crippen LogP contribution is 2.39. The van der Waals surface area contributed by atoms with Gasteiger partial charge in [-0.25, -0.2) is 4.98 Å². The molecule has 0 atom stereocenters. The summed E-state index contributed by atoms with van der Waals surface area (Å²) in [5.74, 6) is 0.0406. The molecule has 2 rings (SSSR count). The topological polar surface area (TPSA) is 48.7 Å². The Hall–Kier alpha value is -1.77. The lowest BCUT2D eigenvalue weighted by Gasteiger charge is -2.42. The van der Waals surface area contributed by atoms with Crippen molar-refractivity contribution < 1.29 is 13.2 Å². The molecular weight excluding hydrogens is 255 g/mol. The predicted molar refractivity (Wildman–Crippen MR) is 64.4 cm³/mol. The van der Waals surface area contributed by atoms with E-state index in [1.807, 2.05) is 13.0 Å². The number of nitrogens with zero attached hydrogens (tertiary/aromatic N) is 2. The lowest BCUT2D eigenvalue weighted by atomic mass is 9.75. The number of nitrogens with one attached hydrogen (secondary N) is 1. The summed E-state index contributed by atoms with van der Waals surface area (Å²) in [6.07, 6.45) is -0.862. The molecule has 0 aliphatic heterocycles. The van der Waals surface area contributed by atoms with Crippen molar-refractivity contribution in [3.05, 3.63) is 23.4 Å². The molecule has 0 radical (unpaired) electrons. The van der Waals surface area contributed by atoms with Crippen molar-refractivity contribution in [2.45, 2.75) is 44.3 Å². The van der Waals surface area contributed by atoms with Crippen molar-refractivity contribution >= 4 is 5.82 Å². The Kier molecular flexibility index (Phi) is 3.40. The Bertz CT molecular complexity index is 507. The number of alkyl halides is 3. The molecule has 3 nitrogen and oxygen atoms in total. The molecule has 102 valence electrons. The Labute approximate surface area is 109 Å². The molecule has 1 aromatic heterocycles. The number of pyridine rings is 1. The fourth-order valence-corrected chi connectivity index (χ4v) is 2.22. The van der Waals surface area contributed by atoms with Crippen LogP contribution in [0.2, 0.25) is 0 Å². The molecule has 1 saturated carbocycles. The molecule has 0 spiro atoms. The SMILES string of the molecule is CCC1(Nc2nc(C(F)(F)F)ccc2C#N)CCC1. The standard InChI is InChI=1S/C13H14F3N3/c1-2-12(6-3-7-12)19-11-9(8-17)4-5-10(18-11)13(14,15)16/h4-5H,2-3,6-7H2,1H3,(H,18,19). The highest BCUT2D eigenvalue weighted by atomic mass is 19.4. The van der Waals surface area contributed by atoms with Gasteiger partial charge in [-0.3, -0.25) is 0 Å². The monoisotopic (exact) mass is 269 g/mol. The van der Waals surface area contributed by atoms with E-state index in [1.54, 1.807) is 0 Å². The van der Waals surface area contributed by atoms with Crippen LogP contribution >= 0.6 is 0 Å². The molecule has 1 aromatic rings. The van der Waals surface area contributed by atoms with Gasteiger partial charge in [-0.2, -0.15) is 18.4 Å². The Morgan fingerprint density at radius 1 is 1.42 bits per heavy atom. The van der Waals surface area contributed by atoms with Crippen LogP contribution in [0, 0.1) is 11.3 Å². The van der Waals surface area contributed by atoms with Crippen LogP contribution in [0.5, 0.6) is 0 Å². The fraction of sp³-hybridized carbons (Fsp3) is 0.538. The van der Waals surface area contributed by atoms with Crippen molar-refractivity contribution in [3.63, 3.8) is 0 Å². The predicted octanol–water partition coefficient (Wildman–Crippen LogP) is 3.72. The van der Waals surface area contributed by atoms with Gasteiger partial charge in [-0.1, -0.05) is 6.92 Å². The Morgan fingerprint density at radius 3 is 2.53 bits per heavy atom. The minimum Gasteiger partial charge on any atom is -0.364 e. The van der Waals surface area contributed by atoms with Crippen LogP contribution < -0.4 is 5.32 Å². The van der Waals surface area contributed by atoms with E-state index in [-0.39, 0.29) is 16.9 Å². The molecular formula is C13H14F3N3. The number of anilines is 1. The van der Waals surface area contributed by atoms with Gasteiger partial charge in [0.1, 0.15) is 17.6 Å². The second kappa shape index (κ2) is 4.72. The van der Waals surface area contributed by atoms with Crippen LogP contribution in [-0.2, 0) is 6.18 Å². The Morgan fingerprint density at radius 2 is 2.11 bits per heavy atom. The molecule has 0 unspecified atom stereocenters. The molecule has 0 amide bonds. The van der Waals surface area contributed by atoms with Crippen LogP contribution in [0.15, 0.2) is 12.1 Å². The van der Waals surface area contributed by atoms with Crippen LogP contribution in [0.3, 0.4) is 0 Å². The first-order chi connectivity index (χ1) is 8.90. The minimum absolute atomic E-state index is 0.0406. The van der Waals surface area contributed by atoms with E-state index in [2.05, 4.69) is 10.3 Å². The van der Waals surface area contributed by atoms with Gasteiger partial charge in [-0.15, -0.1) is 0 Å². The third kappa shape index (κ3) is 2.65. The van der Waals surface area contributed by atoms with Crippen molar-refractivity contribution in [3.8, 4) is 6.07 Å². The number of halogens is 3. The van der Waals surface area contributed by atoms with Crippen LogP contribution in [0.4, 0.5) is 19.0 Å². The summed E-state index contributed by atoms with van der Waals surface area (Å²) >= 11 is 0. The lowest BCUT2D eigenvalue weighted by Crippen LogP contribution is -2.44. The van der Waals surface area contributed by atoms with Crippen molar-refractivity contribution in [2.24, 2.45) is 0 Å². The number of nitriles is 1. The summed E-state index contributed by atoms with van der Waals surface area (Å²) in [5, 5.41) is 12.0. The maximum atomic E-state index is 12.6. The van der Waals surface area contributed by atoms with E-state index >= 15 is 0 Å². The number of hydrogen-bond acceptors (Lipinski definition) is 3. The largest absolute Gasteiger partial charge is 0.433 e. The zero-order chi connectivity index (χ0) is 14.1. The van der Waals surface area contributed by atoms with Gasteiger partial charge in [0, 0.05) is 5.54 Å². The van der Waals surface area contributed by atoms with Gasteiger partial charge >= 0.3 is 6.18 Å². The molecule has 0 saturated heterocycles. The van der Waals surface area contributed by atoms with Gasteiger partial charge in [0.25, 0.3) is 0 Å². The summed E-state index contributed by atoms with van der Waals surface area (Å²) in [4.78, 5) is 3.57. The molecule has 0 aromatic carbocycles. The van der Waals surface area contributed by atoms with E-state index in [1.165, 1.54) is 6.07 Å². The van der Waals surface area contributed by atoms with Crippen LogP contribution in [0.25, 0.3) is 0 Å². The van der Waals surface area contributed by atoms with E-state index < -0.39 is 11.9 Å². The summed E-state index contributed by atoms with van der Waals surface area (Å²) in [5.41, 5.74) is -1.03. The van der Waals surface area contributed by atoms with Gasteiger partial charge < -0.3 is 5.32 Å². The maximum absolute atomic E-state index is 12.6. The molecule has 19 heavy (non-hydrogen) atoms. The highest BCUT2D eigenvalue weighted by Gasteiger charge is 2.37. The highest BCUT2D eigenvalue weighted by molar-refractivity contribution is 5.54. The summed E-state index contributed by atoms with van der Waals surface area (Å²) in [6, 6.07) is 3.88. The fourth-order valence-electron chi connectivity index (χ4n) is 2.22. The van der Waals surface area contributed by atoms with Gasteiger partial charge in [0.15, 0.2) is 0 Å². The van der Waals surface area contributed by atoms with E-state index in [9.17, 15) is 13.2 Å². The van der Waals surface area contributed by atoms with Gasteiger partial charge in [0.2, 0.25) is 0 Å². The molecule has 1 N–H and O–H groups in total. The minimum atomic E-state index is -4.50. The lowest BCUT2D eigenvalue weighted by molar-refractivity contribution is -0.141. The van der Waals surface area contributed by atoms with Crippen LogP contribution in [-0.4, -0.2) is 10.5 Å². The van der Waals surface area contributed by atoms with E-state index in [0.717, 1.165) is 31.7 Å². The summed E-state index contributed by atoms with van der Waals surface area (Å²) in [7, 11) is 0. The smallest absolute Gasteiger partial charge is 0.364 e. The third-order valence-electron chi connectivity index (χ3n) is 3.68.